The molecule has 0 radical (unpaired) electrons. The van der Waals surface area contributed by atoms with Crippen LogP contribution >= 0.6 is 0 Å². The summed E-state index contributed by atoms with van der Waals surface area (Å²) in [7, 11) is -4.00. The molecule has 1 aromatic carbocycles. The van der Waals surface area contributed by atoms with Crippen LogP contribution in [0.25, 0.3) is 10.8 Å². The summed E-state index contributed by atoms with van der Waals surface area (Å²) < 4.78 is 46.1. The van der Waals surface area contributed by atoms with Gasteiger partial charge in [0.25, 0.3) is 5.91 Å². The molecule has 15 heteroatoms. The zero-order valence-corrected chi connectivity index (χ0v) is 34.7. The number of nitrogens with one attached hydrogen (secondary N) is 3. The highest BCUT2D eigenvalue weighted by Gasteiger charge is 2.63. The fraction of sp³-hybridized carbons (Fsp3) is 0.651. The lowest BCUT2D eigenvalue weighted by Crippen LogP contribution is -2.59. The van der Waals surface area contributed by atoms with Gasteiger partial charge in [0.05, 0.1) is 24.1 Å². The molecule has 4 aliphatic carbocycles. The van der Waals surface area contributed by atoms with Gasteiger partial charge in [-0.3, -0.25) is 19.1 Å². The van der Waals surface area contributed by atoms with Gasteiger partial charge in [0, 0.05) is 23.1 Å². The number of alkyl carbamates (subject to hydrolysis) is 1. The smallest absolute Gasteiger partial charge is 0.408 e. The Hall–Kier alpha value is -4.40. The summed E-state index contributed by atoms with van der Waals surface area (Å²) in [5.41, 5.74) is -1.52. The Morgan fingerprint density at radius 2 is 1.76 bits per heavy atom. The molecule has 58 heavy (non-hydrogen) atoms. The Labute approximate surface area is 340 Å². The van der Waals surface area contributed by atoms with E-state index in [0.717, 1.165) is 31.1 Å². The summed E-state index contributed by atoms with van der Waals surface area (Å²) in [6, 6.07) is 5.45. The van der Waals surface area contributed by atoms with Crippen LogP contribution in [0.15, 0.2) is 42.6 Å². The molecular formula is C43H57N5O9S. The Bertz CT molecular complexity index is 2080. The average Bonchev–Trinajstić information content (AvgIpc) is 4.14. The van der Waals surface area contributed by atoms with E-state index in [-0.39, 0.29) is 37.3 Å². The van der Waals surface area contributed by atoms with Gasteiger partial charge in [0.1, 0.15) is 35.6 Å². The molecule has 0 spiro atoms. The summed E-state index contributed by atoms with van der Waals surface area (Å²) in [6.07, 6.45) is 10.9. The van der Waals surface area contributed by atoms with Crippen molar-refractivity contribution in [2.75, 3.05) is 13.2 Å². The van der Waals surface area contributed by atoms with Gasteiger partial charge < -0.3 is 29.7 Å². The molecule has 1 aromatic heterocycles. The van der Waals surface area contributed by atoms with Gasteiger partial charge in [-0.2, -0.15) is 0 Å². The fourth-order valence-corrected chi connectivity index (χ4v) is 10.7. The number of ether oxygens (including phenoxy) is 3. The van der Waals surface area contributed by atoms with Gasteiger partial charge in [0.15, 0.2) is 0 Å². The number of hydrogen-bond donors (Lipinski definition) is 3. The van der Waals surface area contributed by atoms with Gasteiger partial charge in [0.2, 0.25) is 27.7 Å². The topological polar surface area (TPSA) is 182 Å². The first kappa shape index (κ1) is 40.4. The third-order valence-corrected chi connectivity index (χ3v) is 15.6. The Balaban J connectivity index is 1.10. The molecule has 314 valence electrons. The van der Waals surface area contributed by atoms with Crippen molar-refractivity contribution in [3.05, 3.63) is 42.6 Å². The van der Waals surface area contributed by atoms with Crippen LogP contribution in [-0.4, -0.2) is 89.8 Å². The van der Waals surface area contributed by atoms with E-state index >= 15 is 0 Å². The number of pyridine rings is 1. The number of rotatable bonds is 10. The molecule has 4 saturated carbocycles. The van der Waals surface area contributed by atoms with Crippen molar-refractivity contribution in [1.82, 2.24) is 25.2 Å². The second-order valence-electron chi connectivity index (χ2n) is 18.2. The van der Waals surface area contributed by atoms with E-state index in [0.29, 0.717) is 61.1 Å². The number of nitrogens with zero attached hydrogens (tertiary/aromatic N) is 2. The molecule has 1 saturated heterocycles. The zero-order chi connectivity index (χ0) is 41.0. The maximum Gasteiger partial charge on any atom is 0.408 e. The number of amides is 4. The second kappa shape index (κ2) is 15.6. The van der Waals surface area contributed by atoms with E-state index in [1.54, 1.807) is 13.1 Å². The molecule has 3 N–H and O–H groups in total. The van der Waals surface area contributed by atoms with Gasteiger partial charge in [-0.15, -0.1) is 0 Å². The number of hydrogen-bond acceptors (Lipinski definition) is 10. The molecule has 2 aromatic rings. The zero-order valence-electron chi connectivity index (χ0n) is 33.9. The third kappa shape index (κ3) is 8.11. The first-order chi connectivity index (χ1) is 27.7. The molecule has 0 bridgehead atoms. The number of aromatic nitrogens is 1. The summed E-state index contributed by atoms with van der Waals surface area (Å²) in [6.45, 7) is 8.18. The van der Waals surface area contributed by atoms with Crippen molar-refractivity contribution in [2.45, 2.75) is 133 Å². The maximum atomic E-state index is 14.9. The minimum atomic E-state index is -4.00. The van der Waals surface area contributed by atoms with Crippen molar-refractivity contribution in [1.29, 1.82) is 0 Å². The monoisotopic (exact) mass is 819 g/mol. The lowest BCUT2D eigenvalue weighted by molar-refractivity contribution is -0.142. The van der Waals surface area contributed by atoms with Crippen LogP contribution in [-0.2, 0) is 29.1 Å². The van der Waals surface area contributed by atoms with Gasteiger partial charge in [-0.25, -0.2) is 18.2 Å². The number of carbonyl (C=O) groups is 4. The standard InChI is InChI=1S/C43H57N5O9S/c1-5-16-55-35-23-44-38(33-13-9-8-12-32(33)35)56-31-21-34-37(49)46-43(40(51)47-58(53,54)42(4)14-15-42)22-29(43)11-7-6-10-25(2)17-26(3)36(39(50)48(34)24-31)45-41(52)57-30-19-27-18-28(27)20-30/h7-9,11-13,23,25-31,34,36H,5-6,10,14-22,24H2,1-4H3,(H,45,52)(H,46,49)(H,47,51)/b11-7-/t25-,26+,27-,28+,29?,30?,31+,34-,36-,43+/m0/s1. The van der Waals surface area contributed by atoms with Gasteiger partial charge in [-0.1, -0.05) is 51.1 Å². The lowest BCUT2D eigenvalue weighted by Gasteiger charge is -2.33. The summed E-state index contributed by atoms with van der Waals surface area (Å²) in [5.74, 6) is -0.290. The minimum absolute atomic E-state index is 0.00222. The summed E-state index contributed by atoms with van der Waals surface area (Å²) in [4.78, 5) is 63.1. The van der Waals surface area contributed by atoms with E-state index in [2.05, 4.69) is 27.3 Å². The number of fused-ring (bicyclic) bond motifs is 4. The van der Waals surface area contributed by atoms with Crippen LogP contribution in [0.5, 0.6) is 11.6 Å². The number of allylic oxidation sites excluding steroid dienone is 1. The molecule has 3 heterocycles. The Morgan fingerprint density at radius 3 is 2.48 bits per heavy atom. The number of benzene rings is 1. The quantitative estimate of drug-likeness (QED) is 0.271. The third-order valence-electron chi connectivity index (χ3n) is 13.5. The van der Waals surface area contributed by atoms with Crippen LogP contribution in [0.4, 0.5) is 4.79 Å². The van der Waals surface area contributed by atoms with Crippen LogP contribution < -0.4 is 24.8 Å². The van der Waals surface area contributed by atoms with Crippen molar-refractivity contribution in [2.24, 2.45) is 29.6 Å². The van der Waals surface area contributed by atoms with E-state index in [1.165, 1.54) is 11.3 Å². The van der Waals surface area contributed by atoms with Crippen molar-refractivity contribution in [3.8, 4) is 11.6 Å². The molecule has 8 rings (SSSR count). The number of carbonyl (C=O) groups excluding carboxylic acids is 4. The first-order valence-electron chi connectivity index (χ1n) is 21.2. The Kier molecular flexibility index (Phi) is 10.9. The van der Waals surface area contributed by atoms with Crippen LogP contribution in [0.3, 0.4) is 0 Å². The lowest BCUT2D eigenvalue weighted by atomic mass is 9.88. The van der Waals surface area contributed by atoms with Crippen molar-refractivity contribution < 1.29 is 41.8 Å². The average molecular weight is 820 g/mol. The van der Waals surface area contributed by atoms with E-state index < -0.39 is 68.2 Å². The predicted octanol–water partition coefficient (Wildman–Crippen LogP) is 5.15. The van der Waals surface area contributed by atoms with E-state index in [4.69, 9.17) is 14.2 Å². The highest BCUT2D eigenvalue weighted by atomic mass is 32.2. The van der Waals surface area contributed by atoms with Crippen LogP contribution in [0, 0.1) is 29.6 Å². The highest BCUT2D eigenvalue weighted by Crippen LogP contribution is 2.52. The van der Waals surface area contributed by atoms with Gasteiger partial charge >= 0.3 is 6.09 Å². The SMILES string of the molecule is CCCOc1cnc(O[C@@H]2C[C@H]3C(=O)N[C@]4(C(=O)NS(=O)(=O)C5(C)CC5)CC4/C=C\CC[C@H](C)C[C@@H](C)[C@H](NC(=O)OC4C[C@@H]5C[C@@H]5C4)C(=O)N3C2)c2ccccc12. The number of sulfonamides is 1. The van der Waals surface area contributed by atoms with Crippen LogP contribution in [0.2, 0.25) is 0 Å². The highest BCUT2D eigenvalue weighted by molar-refractivity contribution is 7.91. The molecule has 6 aliphatic rings. The molecule has 4 amide bonds. The molecule has 10 atom stereocenters. The maximum absolute atomic E-state index is 14.9. The molecule has 5 fully saturated rings. The minimum Gasteiger partial charge on any atom is -0.491 e. The fourth-order valence-electron chi connectivity index (χ4n) is 9.38. The second-order valence-corrected chi connectivity index (χ2v) is 20.4. The van der Waals surface area contributed by atoms with E-state index in [1.807, 2.05) is 50.3 Å². The predicted molar refractivity (Wildman–Crippen MR) is 215 cm³/mol. The Morgan fingerprint density at radius 1 is 1.02 bits per heavy atom. The molecule has 2 aliphatic heterocycles. The van der Waals surface area contributed by atoms with Crippen molar-refractivity contribution >= 4 is 44.6 Å². The van der Waals surface area contributed by atoms with Crippen LogP contribution in [0.1, 0.15) is 98.3 Å². The molecule has 14 nitrogen and oxygen atoms in total. The molecular weight excluding hydrogens is 763 g/mol. The summed E-state index contributed by atoms with van der Waals surface area (Å²) >= 11 is 0. The normalized spacial score (nSPS) is 34.6. The van der Waals surface area contributed by atoms with E-state index in [9.17, 15) is 27.6 Å². The van der Waals surface area contributed by atoms with Crippen molar-refractivity contribution in [3.63, 3.8) is 0 Å². The first-order valence-corrected chi connectivity index (χ1v) is 22.7. The summed E-state index contributed by atoms with van der Waals surface area (Å²) in [5, 5.41) is 7.37. The molecule has 2 unspecified atom stereocenters. The van der Waals surface area contributed by atoms with Gasteiger partial charge in [-0.05, 0) is 101 Å². The largest absolute Gasteiger partial charge is 0.491 e.